The fourth-order valence-corrected chi connectivity index (χ4v) is 2.36. The van der Waals surface area contributed by atoms with Crippen LogP contribution in [0.4, 0.5) is 3.89 Å². The Morgan fingerprint density at radius 3 is 2.50 bits per heavy atom. The third-order valence-electron chi connectivity index (χ3n) is 3.09. The van der Waals surface area contributed by atoms with Crippen LogP contribution in [0.2, 0.25) is 0 Å². The highest BCUT2D eigenvalue weighted by atomic mass is 32.3. The molecule has 24 heavy (non-hydrogen) atoms. The van der Waals surface area contributed by atoms with Gasteiger partial charge in [0.25, 0.3) is 0 Å². The van der Waals surface area contributed by atoms with Crippen molar-refractivity contribution >= 4 is 28.4 Å². The fourth-order valence-electron chi connectivity index (χ4n) is 2.02. The zero-order valence-electron chi connectivity index (χ0n) is 12.2. The third-order valence-corrected chi connectivity index (χ3v) is 3.48. The molecule has 0 aliphatic carbocycles. The molecule has 0 N–H and O–H groups in total. The van der Waals surface area contributed by atoms with Gasteiger partial charge in [-0.05, 0) is 36.8 Å². The molecule has 1 aromatic carbocycles. The summed E-state index contributed by atoms with van der Waals surface area (Å²) >= 11 is 0. The van der Waals surface area contributed by atoms with Crippen LogP contribution in [-0.2, 0) is 20.0 Å². The predicted octanol–water partition coefficient (Wildman–Crippen LogP) is 2.53. The molecule has 2 aromatic rings. The van der Waals surface area contributed by atoms with Gasteiger partial charge in [-0.15, -0.1) is 0 Å². The number of aliphatic imine (C=N–C) groups is 1. The molecule has 0 radical (unpaired) electrons. The number of ether oxygens (including phenoxy) is 1. The number of esters is 1. The van der Waals surface area contributed by atoms with Crippen LogP contribution in [0, 0.1) is 6.92 Å². The molecule has 3 rings (SSSR count). The zero-order chi connectivity index (χ0) is 17.3. The van der Waals surface area contributed by atoms with E-state index in [0.29, 0.717) is 16.9 Å². The SMILES string of the molecule is Cc1occc1C1=N/C(=C/c2ccc(OS(=O)(=O)F)cc2)C(=O)O1. The van der Waals surface area contributed by atoms with Gasteiger partial charge in [0.05, 0.1) is 11.8 Å². The highest BCUT2D eigenvalue weighted by Gasteiger charge is 2.26. The van der Waals surface area contributed by atoms with Crippen LogP contribution < -0.4 is 4.18 Å². The van der Waals surface area contributed by atoms with Crippen molar-refractivity contribution < 1.29 is 30.4 Å². The summed E-state index contributed by atoms with van der Waals surface area (Å²) in [5.74, 6) is -0.109. The van der Waals surface area contributed by atoms with Crippen LogP contribution in [0.15, 0.2) is 51.7 Å². The number of halogens is 1. The maximum atomic E-state index is 12.4. The lowest BCUT2D eigenvalue weighted by Crippen LogP contribution is -2.05. The first-order valence-corrected chi connectivity index (χ1v) is 7.94. The first kappa shape index (κ1) is 15.9. The van der Waals surface area contributed by atoms with Crippen LogP contribution >= 0.6 is 0 Å². The molecule has 0 fully saturated rings. The number of nitrogens with zero attached hydrogens (tertiary/aromatic N) is 1. The standard InChI is InChI=1S/C15H10FNO6S/c1-9-12(6-7-21-9)14-17-13(15(18)22-14)8-10-2-4-11(5-3-10)23-24(16,19)20/h2-8H,1H3/b13-8+. The van der Waals surface area contributed by atoms with Crippen LogP contribution in [0.1, 0.15) is 16.9 Å². The Kier molecular flexibility index (Phi) is 3.94. The van der Waals surface area contributed by atoms with E-state index in [-0.39, 0.29) is 17.3 Å². The van der Waals surface area contributed by atoms with Gasteiger partial charge in [-0.3, -0.25) is 0 Å². The van der Waals surface area contributed by atoms with Crippen molar-refractivity contribution in [2.45, 2.75) is 6.92 Å². The van der Waals surface area contributed by atoms with E-state index in [1.165, 1.54) is 36.6 Å². The minimum absolute atomic E-state index is 0.0670. The molecule has 7 nitrogen and oxygen atoms in total. The zero-order valence-corrected chi connectivity index (χ0v) is 13.0. The van der Waals surface area contributed by atoms with E-state index >= 15 is 0 Å². The largest absolute Gasteiger partial charge is 0.488 e. The van der Waals surface area contributed by atoms with E-state index in [0.717, 1.165) is 0 Å². The molecule has 0 spiro atoms. The van der Waals surface area contributed by atoms with Gasteiger partial charge in [0.15, 0.2) is 5.70 Å². The predicted molar refractivity (Wildman–Crippen MR) is 81.1 cm³/mol. The molecule has 0 saturated heterocycles. The van der Waals surface area contributed by atoms with Gasteiger partial charge in [0.1, 0.15) is 11.5 Å². The Labute approximate surface area is 136 Å². The first-order chi connectivity index (χ1) is 11.3. The summed E-state index contributed by atoms with van der Waals surface area (Å²) in [6, 6.07) is 7.01. The number of carbonyl (C=O) groups is 1. The van der Waals surface area contributed by atoms with E-state index in [1.807, 2.05) is 0 Å². The average molecular weight is 351 g/mol. The van der Waals surface area contributed by atoms with Gasteiger partial charge in [0.2, 0.25) is 5.90 Å². The number of aryl methyl sites for hydroxylation is 1. The lowest BCUT2D eigenvalue weighted by atomic mass is 10.2. The van der Waals surface area contributed by atoms with Gasteiger partial charge in [-0.1, -0.05) is 16.0 Å². The van der Waals surface area contributed by atoms with Crippen molar-refractivity contribution in [1.29, 1.82) is 0 Å². The minimum atomic E-state index is -5.08. The summed E-state index contributed by atoms with van der Waals surface area (Å²) in [7, 11) is -5.08. The molecule has 9 heteroatoms. The molecule has 0 bridgehead atoms. The maximum Gasteiger partial charge on any atom is 0.488 e. The second-order valence-electron chi connectivity index (χ2n) is 4.77. The number of hydrogen-bond acceptors (Lipinski definition) is 7. The van der Waals surface area contributed by atoms with Crippen molar-refractivity contribution in [3.05, 3.63) is 59.2 Å². The number of cyclic esters (lactones) is 1. The van der Waals surface area contributed by atoms with Crippen LogP contribution in [0.3, 0.4) is 0 Å². The second-order valence-corrected chi connectivity index (χ2v) is 5.72. The molecular formula is C15H10FNO6S. The van der Waals surface area contributed by atoms with Crippen molar-refractivity contribution in [3.63, 3.8) is 0 Å². The Hall–Kier alpha value is -2.94. The first-order valence-electron chi connectivity index (χ1n) is 6.63. The minimum Gasteiger partial charge on any atom is -0.469 e. The number of rotatable bonds is 4. The number of furan rings is 1. The van der Waals surface area contributed by atoms with Crippen molar-refractivity contribution in [2.24, 2.45) is 4.99 Å². The van der Waals surface area contributed by atoms with Crippen LogP contribution in [0.25, 0.3) is 6.08 Å². The molecule has 0 unspecified atom stereocenters. The molecule has 1 aliphatic rings. The molecule has 124 valence electrons. The topological polar surface area (TPSA) is 95.2 Å². The van der Waals surface area contributed by atoms with Crippen LogP contribution in [-0.4, -0.2) is 20.3 Å². The monoisotopic (exact) mass is 351 g/mol. The van der Waals surface area contributed by atoms with Crippen molar-refractivity contribution in [2.75, 3.05) is 0 Å². The van der Waals surface area contributed by atoms with Gasteiger partial charge in [-0.25, -0.2) is 9.79 Å². The van der Waals surface area contributed by atoms with Gasteiger partial charge in [-0.2, -0.15) is 8.42 Å². The van der Waals surface area contributed by atoms with E-state index in [1.54, 1.807) is 13.0 Å². The van der Waals surface area contributed by atoms with Gasteiger partial charge < -0.3 is 13.3 Å². The number of carbonyl (C=O) groups excluding carboxylic acids is 1. The molecule has 1 aromatic heterocycles. The van der Waals surface area contributed by atoms with E-state index < -0.39 is 16.5 Å². The quantitative estimate of drug-likeness (QED) is 0.477. The molecule has 0 saturated carbocycles. The summed E-state index contributed by atoms with van der Waals surface area (Å²) in [5, 5.41) is 0. The van der Waals surface area contributed by atoms with Gasteiger partial charge >= 0.3 is 16.5 Å². The van der Waals surface area contributed by atoms with E-state index in [4.69, 9.17) is 9.15 Å². The summed E-state index contributed by atoms with van der Waals surface area (Å²) in [6.07, 6.45) is 2.90. The Bertz CT molecular complexity index is 956. The fraction of sp³-hybridized carbons (Fsp3) is 0.0667. The third kappa shape index (κ3) is 3.51. The average Bonchev–Trinajstić information content (AvgIpc) is 3.06. The second kappa shape index (κ2) is 5.93. The lowest BCUT2D eigenvalue weighted by molar-refractivity contribution is -0.129. The number of benzene rings is 1. The highest BCUT2D eigenvalue weighted by Crippen LogP contribution is 2.22. The van der Waals surface area contributed by atoms with E-state index in [2.05, 4.69) is 9.18 Å². The lowest BCUT2D eigenvalue weighted by Gasteiger charge is -2.00. The highest BCUT2D eigenvalue weighted by molar-refractivity contribution is 7.81. The maximum absolute atomic E-state index is 12.4. The smallest absolute Gasteiger partial charge is 0.469 e. The molecule has 1 aliphatic heterocycles. The van der Waals surface area contributed by atoms with Crippen molar-refractivity contribution in [3.8, 4) is 5.75 Å². The summed E-state index contributed by atoms with van der Waals surface area (Å²) in [4.78, 5) is 16.0. The Balaban J connectivity index is 1.84. The summed E-state index contributed by atoms with van der Waals surface area (Å²) in [5.41, 5.74) is 1.17. The number of hydrogen-bond donors (Lipinski definition) is 0. The van der Waals surface area contributed by atoms with Crippen LogP contribution in [0.5, 0.6) is 5.75 Å². The molecule has 0 atom stereocenters. The summed E-state index contributed by atoms with van der Waals surface area (Å²) in [6.45, 7) is 1.71. The Morgan fingerprint density at radius 1 is 1.21 bits per heavy atom. The summed E-state index contributed by atoms with van der Waals surface area (Å²) < 4.78 is 47.5. The Morgan fingerprint density at radius 2 is 1.92 bits per heavy atom. The van der Waals surface area contributed by atoms with Crippen molar-refractivity contribution in [1.82, 2.24) is 0 Å². The molecule has 0 amide bonds. The molecule has 2 heterocycles. The normalized spacial score (nSPS) is 16.2. The molecular weight excluding hydrogens is 341 g/mol. The van der Waals surface area contributed by atoms with E-state index in [9.17, 15) is 17.1 Å². The van der Waals surface area contributed by atoms with Gasteiger partial charge in [0, 0.05) is 0 Å².